The molecule has 3 heterocycles. The number of carbonyl (C=O) groups is 1. The van der Waals surface area contributed by atoms with Gasteiger partial charge in [0.1, 0.15) is 6.07 Å². The van der Waals surface area contributed by atoms with E-state index in [2.05, 4.69) is 26.4 Å². The number of anilines is 2. The summed E-state index contributed by atoms with van der Waals surface area (Å²) in [5, 5.41) is 27.2. The van der Waals surface area contributed by atoms with Gasteiger partial charge in [0.2, 0.25) is 0 Å². The van der Waals surface area contributed by atoms with E-state index in [0.29, 0.717) is 34.3 Å². The van der Waals surface area contributed by atoms with Crippen molar-refractivity contribution in [1.82, 2.24) is 19.7 Å². The van der Waals surface area contributed by atoms with Gasteiger partial charge in [-0.25, -0.2) is 14.8 Å². The van der Waals surface area contributed by atoms with Gasteiger partial charge in [-0.3, -0.25) is 4.68 Å². The third kappa shape index (κ3) is 4.45. The van der Waals surface area contributed by atoms with Gasteiger partial charge in [0, 0.05) is 36.7 Å². The summed E-state index contributed by atoms with van der Waals surface area (Å²) in [6.07, 6.45) is 5.58. The Balaban J connectivity index is 1.50. The number of piperidine rings is 1. The van der Waals surface area contributed by atoms with Crippen LogP contribution < -0.4 is 10.2 Å². The van der Waals surface area contributed by atoms with Crippen LogP contribution in [0, 0.1) is 18.3 Å². The first kappa shape index (κ1) is 23.3. The third-order valence-electron chi connectivity index (χ3n) is 6.69. The first-order valence-electron chi connectivity index (χ1n) is 12.0. The van der Waals surface area contributed by atoms with Gasteiger partial charge in [-0.15, -0.1) is 0 Å². The van der Waals surface area contributed by atoms with Gasteiger partial charge in [-0.05, 0) is 56.5 Å². The van der Waals surface area contributed by atoms with Crippen LogP contribution >= 0.6 is 0 Å². The molecule has 2 N–H and O–H groups in total. The number of fused-ring (bicyclic) bond motifs is 1. The summed E-state index contributed by atoms with van der Waals surface area (Å²) in [7, 11) is 0. The van der Waals surface area contributed by atoms with Crippen LogP contribution in [0.25, 0.3) is 11.0 Å². The van der Waals surface area contributed by atoms with Gasteiger partial charge in [0.25, 0.3) is 0 Å². The number of aryl methyl sites for hydroxylation is 1. The van der Waals surface area contributed by atoms with Crippen LogP contribution in [-0.4, -0.2) is 43.9 Å². The van der Waals surface area contributed by atoms with Crippen LogP contribution in [0.1, 0.15) is 59.0 Å². The van der Waals surface area contributed by atoms with Crippen molar-refractivity contribution in [1.29, 1.82) is 5.26 Å². The lowest BCUT2D eigenvalue weighted by molar-refractivity contribution is 0.0698. The van der Waals surface area contributed by atoms with E-state index in [9.17, 15) is 15.2 Å². The molecular formula is C27H27N7O2. The number of aromatic nitrogens is 4. The number of aromatic carboxylic acids is 1. The number of para-hydroxylation sites is 1. The standard InChI is InChI=1S/C27H27N7O2/c1-17-14-21(18(2)30-22-7-4-3-6-20(22)27(35)36)25-23(15-17)31-24(16-28)26(32-25)33-12-8-19(9-13-33)34-11-5-10-29-34/h3-7,10-11,14-15,18-19,30H,8-9,12-13H2,1-2H3,(H,35,36)/t18-/m1/s1. The summed E-state index contributed by atoms with van der Waals surface area (Å²) in [5.41, 5.74) is 4.30. The maximum absolute atomic E-state index is 11.7. The quantitative estimate of drug-likeness (QED) is 0.406. The maximum Gasteiger partial charge on any atom is 0.337 e. The second-order valence-corrected chi connectivity index (χ2v) is 9.15. The van der Waals surface area contributed by atoms with E-state index in [1.165, 1.54) is 0 Å². The monoisotopic (exact) mass is 481 g/mol. The van der Waals surface area contributed by atoms with E-state index in [1.807, 2.05) is 42.9 Å². The lowest BCUT2D eigenvalue weighted by Crippen LogP contribution is -2.36. The molecule has 1 atom stereocenters. The van der Waals surface area contributed by atoms with Crippen molar-refractivity contribution < 1.29 is 9.90 Å². The summed E-state index contributed by atoms with van der Waals surface area (Å²) >= 11 is 0. The first-order valence-corrected chi connectivity index (χ1v) is 12.0. The van der Waals surface area contributed by atoms with E-state index >= 15 is 0 Å². The SMILES string of the molecule is Cc1cc([C@@H](C)Nc2ccccc2C(=O)O)c2nc(N3CCC(n4cccn4)CC3)c(C#N)nc2c1. The Morgan fingerprint density at radius 3 is 2.67 bits per heavy atom. The lowest BCUT2D eigenvalue weighted by atomic mass is 10.0. The zero-order chi connectivity index (χ0) is 25.2. The first-order chi connectivity index (χ1) is 17.4. The van der Waals surface area contributed by atoms with Crippen molar-refractivity contribution in [2.45, 2.75) is 38.8 Å². The Kier molecular flexibility index (Phi) is 6.25. The molecule has 0 unspecified atom stereocenters. The van der Waals surface area contributed by atoms with Crippen molar-refractivity contribution in [3.05, 3.63) is 77.2 Å². The Morgan fingerprint density at radius 2 is 1.97 bits per heavy atom. The molecule has 9 heteroatoms. The minimum absolute atomic E-state index is 0.208. The van der Waals surface area contributed by atoms with Crippen LogP contribution in [0.4, 0.5) is 11.5 Å². The molecule has 4 aromatic rings. The summed E-state index contributed by atoms with van der Waals surface area (Å²) in [5.74, 6) is -0.397. The van der Waals surface area contributed by atoms with E-state index in [-0.39, 0.29) is 11.6 Å². The Bertz CT molecular complexity index is 1450. The fourth-order valence-corrected chi connectivity index (χ4v) is 4.89. The highest BCUT2D eigenvalue weighted by molar-refractivity contribution is 5.94. The number of hydrogen-bond acceptors (Lipinski definition) is 7. The molecule has 2 aromatic carbocycles. The Morgan fingerprint density at radius 1 is 1.19 bits per heavy atom. The Hall–Kier alpha value is -4.45. The van der Waals surface area contributed by atoms with E-state index in [1.54, 1.807) is 30.5 Å². The highest BCUT2D eigenvalue weighted by Gasteiger charge is 2.25. The smallest absolute Gasteiger partial charge is 0.337 e. The number of carboxylic acid groups (broad SMARTS) is 1. The van der Waals surface area contributed by atoms with Crippen molar-refractivity contribution in [3.8, 4) is 6.07 Å². The predicted molar refractivity (Wildman–Crippen MR) is 137 cm³/mol. The van der Waals surface area contributed by atoms with Crippen molar-refractivity contribution >= 4 is 28.5 Å². The molecule has 5 rings (SSSR count). The van der Waals surface area contributed by atoms with Gasteiger partial charge in [0.15, 0.2) is 11.5 Å². The summed E-state index contributed by atoms with van der Waals surface area (Å²) in [6.45, 7) is 5.45. The van der Waals surface area contributed by atoms with E-state index < -0.39 is 5.97 Å². The van der Waals surface area contributed by atoms with Crippen molar-refractivity contribution in [3.63, 3.8) is 0 Å². The molecule has 0 amide bonds. The molecule has 0 aliphatic carbocycles. The van der Waals surface area contributed by atoms with E-state index in [4.69, 9.17) is 4.98 Å². The Labute approximate surface area is 209 Å². The minimum atomic E-state index is -0.987. The average Bonchev–Trinajstić information content (AvgIpc) is 3.43. The highest BCUT2D eigenvalue weighted by Crippen LogP contribution is 2.32. The second kappa shape index (κ2) is 9.66. The fraction of sp³-hybridized carbons (Fsp3) is 0.296. The second-order valence-electron chi connectivity index (χ2n) is 9.15. The normalized spacial score (nSPS) is 15.0. The van der Waals surface area contributed by atoms with Crippen LogP contribution in [0.5, 0.6) is 0 Å². The number of nitrogens with zero attached hydrogens (tertiary/aromatic N) is 6. The summed E-state index contributed by atoms with van der Waals surface area (Å²) < 4.78 is 2.00. The number of hydrogen-bond donors (Lipinski definition) is 2. The van der Waals surface area contributed by atoms with E-state index in [0.717, 1.165) is 37.1 Å². The molecule has 36 heavy (non-hydrogen) atoms. The van der Waals surface area contributed by atoms with Crippen LogP contribution in [0.3, 0.4) is 0 Å². The number of nitriles is 1. The minimum Gasteiger partial charge on any atom is -0.478 e. The van der Waals surface area contributed by atoms with Gasteiger partial charge in [-0.2, -0.15) is 10.4 Å². The van der Waals surface area contributed by atoms with Gasteiger partial charge < -0.3 is 15.3 Å². The fourth-order valence-electron chi connectivity index (χ4n) is 4.89. The summed E-state index contributed by atoms with van der Waals surface area (Å²) in [6, 6.07) is 15.1. The van der Waals surface area contributed by atoms with Crippen LogP contribution in [0.2, 0.25) is 0 Å². The molecule has 1 aliphatic rings. The van der Waals surface area contributed by atoms with Crippen LogP contribution in [-0.2, 0) is 0 Å². The largest absolute Gasteiger partial charge is 0.478 e. The van der Waals surface area contributed by atoms with Gasteiger partial charge in [0.05, 0.1) is 28.7 Å². The van der Waals surface area contributed by atoms with Crippen molar-refractivity contribution in [2.24, 2.45) is 0 Å². The molecule has 0 radical (unpaired) electrons. The molecule has 1 fully saturated rings. The number of rotatable bonds is 6. The third-order valence-corrected chi connectivity index (χ3v) is 6.69. The summed E-state index contributed by atoms with van der Waals surface area (Å²) in [4.78, 5) is 23.5. The zero-order valence-electron chi connectivity index (χ0n) is 20.2. The van der Waals surface area contributed by atoms with Gasteiger partial charge in [-0.1, -0.05) is 18.2 Å². The average molecular weight is 482 g/mol. The van der Waals surface area contributed by atoms with Crippen LogP contribution in [0.15, 0.2) is 54.9 Å². The molecule has 2 aromatic heterocycles. The maximum atomic E-state index is 11.7. The lowest BCUT2D eigenvalue weighted by Gasteiger charge is -2.33. The molecule has 0 bridgehead atoms. The number of benzene rings is 2. The molecule has 9 nitrogen and oxygen atoms in total. The predicted octanol–water partition coefficient (Wildman–Crippen LogP) is 4.72. The molecule has 1 saturated heterocycles. The van der Waals surface area contributed by atoms with Gasteiger partial charge >= 0.3 is 5.97 Å². The molecule has 0 spiro atoms. The highest BCUT2D eigenvalue weighted by atomic mass is 16.4. The molecule has 1 aliphatic heterocycles. The molecule has 182 valence electrons. The molecule has 0 saturated carbocycles. The number of carboxylic acids is 1. The number of nitrogens with one attached hydrogen (secondary N) is 1. The zero-order valence-corrected chi connectivity index (χ0v) is 20.2. The van der Waals surface area contributed by atoms with Crippen molar-refractivity contribution in [2.75, 3.05) is 23.3 Å². The topological polar surface area (TPSA) is 120 Å². The molecular weight excluding hydrogens is 454 g/mol.